The van der Waals surface area contributed by atoms with E-state index in [9.17, 15) is 12.8 Å². The van der Waals surface area contributed by atoms with Crippen LogP contribution in [0.2, 0.25) is 0 Å². The van der Waals surface area contributed by atoms with Gasteiger partial charge in [0.1, 0.15) is 39.3 Å². The molecule has 1 aliphatic rings. The van der Waals surface area contributed by atoms with Crippen LogP contribution in [0, 0.1) is 5.82 Å². The van der Waals surface area contributed by atoms with E-state index in [1.165, 1.54) is 52.3 Å². The fraction of sp³-hybridized carbons (Fsp3) is 0.217. The largest absolute Gasteiger partial charge is 0.473 e. The second-order valence-corrected chi connectivity index (χ2v) is 10.4. The molecule has 1 fully saturated rings. The highest BCUT2D eigenvalue weighted by molar-refractivity contribution is 7.89. The highest BCUT2D eigenvalue weighted by Gasteiger charge is 2.32. The van der Waals surface area contributed by atoms with Gasteiger partial charge in [0.15, 0.2) is 0 Å². The zero-order valence-corrected chi connectivity index (χ0v) is 19.1. The molecule has 4 aromatic rings. The maximum atomic E-state index is 13.4. The number of piperidine rings is 1. The molecule has 0 radical (unpaired) electrons. The van der Waals surface area contributed by atoms with Crippen LogP contribution in [0.25, 0.3) is 10.2 Å². The van der Waals surface area contributed by atoms with Crippen LogP contribution in [-0.2, 0) is 10.0 Å². The number of nitrogens with zero attached hydrogens (tertiary/aromatic N) is 3. The van der Waals surface area contributed by atoms with Gasteiger partial charge in [0.05, 0.1) is 5.52 Å². The van der Waals surface area contributed by atoms with E-state index in [-0.39, 0.29) is 16.7 Å². The summed E-state index contributed by atoms with van der Waals surface area (Å²) in [5.74, 6) is 0.698. The second-order valence-electron chi connectivity index (χ2n) is 7.54. The Labute approximate surface area is 194 Å². The van der Waals surface area contributed by atoms with Crippen molar-refractivity contribution in [3.05, 3.63) is 72.1 Å². The van der Waals surface area contributed by atoms with Gasteiger partial charge in [-0.1, -0.05) is 12.1 Å². The second kappa shape index (κ2) is 9.05. The highest BCUT2D eigenvalue weighted by atomic mass is 32.2. The Bertz CT molecular complexity index is 1370. The summed E-state index contributed by atoms with van der Waals surface area (Å²) >= 11 is 1.52. The summed E-state index contributed by atoms with van der Waals surface area (Å²) in [7, 11) is -3.79. The van der Waals surface area contributed by atoms with Crippen LogP contribution in [0.4, 0.5) is 4.39 Å². The van der Waals surface area contributed by atoms with Gasteiger partial charge in [-0.3, -0.25) is 0 Å². The Hall–Kier alpha value is -3.08. The van der Waals surface area contributed by atoms with Crippen molar-refractivity contribution < 1.29 is 22.3 Å². The normalized spacial score (nSPS) is 15.5. The molecule has 2 aromatic heterocycles. The van der Waals surface area contributed by atoms with Gasteiger partial charge in [-0.25, -0.2) is 22.8 Å². The third-order valence-corrected chi connectivity index (χ3v) is 8.23. The van der Waals surface area contributed by atoms with E-state index in [0.717, 1.165) is 10.2 Å². The van der Waals surface area contributed by atoms with Gasteiger partial charge in [-0.15, -0.1) is 11.3 Å². The maximum absolute atomic E-state index is 13.4. The van der Waals surface area contributed by atoms with Gasteiger partial charge in [0, 0.05) is 13.1 Å². The summed E-state index contributed by atoms with van der Waals surface area (Å²) in [5, 5.41) is 1.94. The van der Waals surface area contributed by atoms with Crippen LogP contribution in [0.15, 0.2) is 71.2 Å². The molecule has 0 atom stereocenters. The van der Waals surface area contributed by atoms with Gasteiger partial charge in [-0.05, 0) is 60.7 Å². The minimum Gasteiger partial charge on any atom is -0.473 e. The molecule has 1 saturated heterocycles. The first-order valence-corrected chi connectivity index (χ1v) is 12.7. The predicted molar refractivity (Wildman–Crippen MR) is 123 cm³/mol. The molecule has 0 spiro atoms. The average Bonchev–Trinajstić information content (AvgIpc) is 3.31. The number of aromatic nitrogens is 2. The fourth-order valence-electron chi connectivity index (χ4n) is 3.71. The Morgan fingerprint density at radius 3 is 2.55 bits per heavy atom. The summed E-state index contributed by atoms with van der Waals surface area (Å²) in [6, 6.07) is 13.8. The SMILES string of the molecule is O=S(=O)(c1ccccc1Oc1ccc(F)cc1)N1CCC(Oc2ncnc3ccsc23)CC1. The van der Waals surface area contributed by atoms with Gasteiger partial charge in [0.25, 0.3) is 0 Å². The van der Waals surface area contributed by atoms with Crippen LogP contribution < -0.4 is 9.47 Å². The molecule has 0 aliphatic carbocycles. The molecule has 1 aliphatic heterocycles. The minimum absolute atomic E-state index is 0.0739. The molecule has 0 N–H and O–H groups in total. The molecular formula is C23H20FN3O4S2. The lowest BCUT2D eigenvalue weighted by Gasteiger charge is -2.31. The predicted octanol–water partition coefficient (Wildman–Crippen LogP) is 4.85. The first-order chi connectivity index (χ1) is 16.0. The van der Waals surface area contributed by atoms with Gasteiger partial charge < -0.3 is 9.47 Å². The summed E-state index contributed by atoms with van der Waals surface area (Å²) < 4.78 is 54.1. The molecule has 0 bridgehead atoms. The molecule has 7 nitrogen and oxygen atoms in total. The number of hydrogen-bond acceptors (Lipinski definition) is 7. The smallest absolute Gasteiger partial charge is 0.246 e. The maximum Gasteiger partial charge on any atom is 0.246 e. The summed E-state index contributed by atoms with van der Waals surface area (Å²) in [6.07, 6.45) is 2.42. The van der Waals surface area contributed by atoms with E-state index >= 15 is 0 Å². The lowest BCUT2D eigenvalue weighted by atomic mass is 10.1. The van der Waals surface area contributed by atoms with Crippen molar-refractivity contribution in [2.75, 3.05) is 13.1 Å². The number of benzene rings is 2. The quantitative estimate of drug-likeness (QED) is 0.388. The summed E-state index contributed by atoms with van der Waals surface area (Å²) in [5.41, 5.74) is 0.836. The minimum atomic E-state index is -3.79. The van der Waals surface area contributed by atoms with Crippen LogP contribution in [-0.4, -0.2) is 41.9 Å². The number of para-hydroxylation sites is 1. The van der Waals surface area contributed by atoms with E-state index in [1.54, 1.807) is 18.2 Å². The first kappa shape index (κ1) is 21.7. The third kappa shape index (κ3) is 4.54. The van der Waals surface area contributed by atoms with Gasteiger partial charge in [0.2, 0.25) is 15.9 Å². The topological polar surface area (TPSA) is 81.6 Å². The van der Waals surface area contributed by atoms with Gasteiger partial charge >= 0.3 is 0 Å². The van der Waals surface area contributed by atoms with Crippen molar-refractivity contribution in [1.29, 1.82) is 0 Å². The molecule has 0 unspecified atom stereocenters. The zero-order chi connectivity index (χ0) is 22.8. The van der Waals surface area contributed by atoms with Crippen molar-refractivity contribution >= 4 is 31.6 Å². The number of halogens is 1. The van der Waals surface area contributed by atoms with Crippen LogP contribution >= 0.6 is 11.3 Å². The number of thiophene rings is 1. The summed E-state index contributed by atoms with van der Waals surface area (Å²) in [4.78, 5) is 8.54. The molecule has 10 heteroatoms. The molecule has 2 aromatic carbocycles. The van der Waals surface area contributed by atoms with E-state index in [0.29, 0.717) is 37.6 Å². The van der Waals surface area contributed by atoms with Crippen molar-refractivity contribution in [2.24, 2.45) is 0 Å². The lowest BCUT2D eigenvalue weighted by molar-refractivity contribution is 0.132. The van der Waals surface area contributed by atoms with Crippen molar-refractivity contribution in [1.82, 2.24) is 14.3 Å². The van der Waals surface area contributed by atoms with Crippen molar-refractivity contribution in [2.45, 2.75) is 23.8 Å². The molecule has 33 heavy (non-hydrogen) atoms. The number of hydrogen-bond donors (Lipinski definition) is 0. The van der Waals surface area contributed by atoms with Crippen LogP contribution in [0.3, 0.4) is 0 Å². The Balaban J connectivity index is 1.30. The van der Waals surface area contributed by atoms with Gasteiger partial charge in [-0.2, -0.15) is 4.31 Å². The number of ether oxygens (including phenoxy) is 2. The van der Waals surface area contributed by atoms with Crippen LogP contribution in [0.5, 0.6) is 17.4 Å². The lowest BCUT2D eigenvalue weighted by Crippen LogP contribution is -2.41. The van der Waals surface area contributed by atoms with E-state index in [2.05, 4.69) is 9.97 Å². The van der Waals surface area contributed by atoms with Crippen LogP contribution in [0.1, 0.15) is 12.8 Å². The van der Waals surface area contributed by atoms with E-state index < -0.39 is 15.8 Å². The number of rotatable bonds is 6. The number of fused-ring (bicyclic) bond motifs is 1. The summed E-state index contributed by atoms with van der Waals surface area (Å²) in [6.45, 7) is 0.632. The average molecular weight is 486 g/mol. The Morgan fingerprint density at radius 1 is 1.00 bits per heavy atom. The molecule has 0 amide bonds. The third-order valence-electron chi connectivity index (χ3n) is 5.40. The van der Waals surface area contributed by atoms with E-state index in [4.69, 9.17) is 9.47 Å². The fourth-order valence-corrected chi connectivity index (χ4v) is 6.08. The Kier molecular flexibility index (Phi) is 5.96. The number of sulfonamides is 1. The van der Waals surface area contributed by atoms with Crippen molar-refractivity contribution in [3.8, 4) is 17.4 Å². The first-order valence-electron chi connectivity index (χ1n) is 10.4. The molecule has 0 saturated carbocycles. The zero-order valence-electron chi connectivity index (χ0n) is 17.4. The molecule has 3 heterocycles. The monoisotopic (exact) mass is 485 g/mol. The Morgan fingerprint density at radius 2 is 1.76 bits per heavy atom. The highest BCUT2D eigenvalue weighted by Crippen LogP contribution is 2.33. The molecule has 170 valence electrons. The van der Waals surface area contributed by atoms with Crippen molar-refractivity contribution in [3.63, 3.8) is 0 Å². The molecule has 5 rings (SSSR count). The van der Waals surface area contributed by atoms with E-state index in [1.807, 2.05) is 11.4 Å². The molecular weight excluding hydrogens is 465 g/mol. The standard InChI is InChI=1S/C23H20FN3O4S2/c24-16-5-7-17(8-6-16)30-20-3-1-2-4-21(20)33(28,29)27-12-9-18(10-13-27)31-23-22-19(11-14-32-22)25-15-26-23/h1-8,11,14-15,18H,9-10,12-13H2.